The number of likely N-dealkylation sites (N-methyl/N-ethyl adjacent to an activating group) is 1. The van der Waals surface area contributed by atoms with Crippen LogP contribution < -0.4 is 10.6 Å². The number of rotatable bonds is 5. The quantitative estimate of drug-likeness (QED) is 0.716. The summed E-state index contributed by atoms with van der Waals surface area (Å²) in [6.45, 7) is 13.2. The van der Waals surface area contributed by atoms with Gasteiger partial charge in [0.05, 0.1) is 0 Å². The van der Waals surface area contributed by atoms with E-state index in [0.717, 1.165) is 58.8 Å². The molecule has 3 rings (SSSR count). The van der Waals surface area contributed by atoms with Gasteiger partial charge >= 0.3 is 0 Å². The lowest BCUT2D eigenvalue weighted by molar-refractivity contribution is -0.123. The molecule has 25 heavy (non-hydrogen) atoms. The van der Waals surface area contributed by atoms with Crippen LogP contribution in [0.2, 0.25) is 0 Å². The highest BCUT2D eigenvalue weighted by atomic mass is 35.5. The molecule has 8 heteroatoms. The van der Waals surface area contributed by atoms with E-state index in [4.69, 9.17) is 0 Å². The normalized spacial score (nSPS) is 26.6. The number of nitrogens with one attached hydrogen (secondary N) is 2. The average molecular weight is 418 g/mol. The van der Waals surface area contributed by atoms with Gasteiger partial charge in [-0.15, -0.1) is 37.2 Å². The second-order valence-corrected chi connectivity index (χ2v) is 7.43. The van der Waals surface area contributed by atoms with Crippen LogP contribution >= 0.6 is 37.2 Å². The summed E-state index contributed by atoms with van der Waals surface area (Å²) in [5.41, 5.74) is 0.353. The minimum atomic E-state index is 0. The molecule has 1 aliphatic carbocycles. The summed E-state index contributed by atoms with van der Waals surface area (Å²) in [7, 11) is 0. The van der Waals surface area contributed by atoms with E-state index in [1.165, 1.54) is 12.8 Å². The molecule has 150 valence electrons. The fourth-order valence-corrected chi connectivity index (χ4v) is 4.22. The van der Waals surface area contributed by atoms with Gasteiger partial charge in [0.15, 0.2) is 0 Å². The second-order valence-electron chi connectivity index (χ2n) is 7.43. The van der Waals surface area contributed by atoms with Crippen molar-refractivity contribution in [3.63, 3.8) is 0 Å². The Balaban J connectivity index is 0.00000192. The Morgan fingerprint density at radius 1 is 1.16 bits per heavy atom. The molecule has 2 saturated heterocycles. The molecule has 1 spiro atoms. The number of halogens is 3. The maximum absolute atomic E-state index is 12.4. The maximum Gasteiger partial charge on any atom is 0.223 e. The predicted molar refractivity (Wildman–Crippen MR) is 111 cm³/mol. The average Bonchev–Trinajstić information content (AvgIpc) is 3.26. The standard InChI is InChI=1S/C17H32N4O.3ClH/c1-3-20-8-10-21(11-9-20)14(2)13-19-16(22)15-12-17(15)4-6-18-7-5-17;;;/h14-15,18H,3-13H2,1-2H3,(H,19,22);3*1H. The summed E-state index contributed by atoms with van der Waals surface area (Å²) in [5, 5.41) is 6.62. The molecule has 0 aromatic rings. The fraction of sp³-hybridized carbons (Fsp3) is 0.941. The van der Waals surface area contributed by atoms with Crippen LogP contribution in [-0.2, 0) is 4.79 Å². The number of carbonyl (C=O) groups excluding carboxylic acids is 1. The topological polar surface area (TPSA) is 47.6 Å². The molecule has 0 bridgehead atoms. The van der Waals surface area contributed by atoms with Crippen molar-refractivity contribution in [1.82, 2.24) is 20.4 Å². The van der Waals surface area contributed by atoms with Crippen molar-refractivity contribution in [3.8, 4) is 0 Å². The van der Waals surface area contributed by atoms with Crippen molar-refractivity contribution in [2.24, 2.45) is 11.3 Å². The van der Waals surface area contributed by atoms with Crippen LogP contribution in [0.5, 0.6) is 0 Å². The van der Waals surface area contributed by atoms with Crippen LogP contribution in [0.25, 0.3) is 0 Å². The van der Waals surface area contributed by atoms with E-state index in [1.807, 2.05) is 0 Å². The Hall–Kier alpha value is 0.220. The first-order valence-corrected chi connectivity index (χ1v) is 9.09. The van der Waals surface area contributed by atoms with E-state index in [-0.39, 0.29) is 37.2 Å². The van der Waals surface area contributed by atoms with Gasteiger partial charge in [0.25, 0.3) is 0 Å². The van der Waals surface area contributed by atoms with Crippen molar-refractivity contribution in [2.45, 2.75) is 39.2 Å². The molecule has 2 unspecified atom stereocenters. The van der Waals surface area contributed by atoms with Crippen LogP contribution in [0, 0.1) is 11.3 Å². The van der Waals surface area contributed by atoms with E-state index in [1.54, 1.807) is 0 Å². The lowest BCUT2D eigenvalue weighted by Gasteiger charge is -2.37. The molecule has 2 heterocycles. The van der Waals surface area contributed by atoms with Crippen molar-refractivity contribution in [1.29, 1.82) is 0 Å². The molecule has 0 radical (unpaired) electrons. The number of hydrogen-bond donors (Lipinski definition) is 2. The molecule has 2 aliphatic heterocycles. The van der Waals surface area contributed by atoms with Gasteiger partial charge in [-0.25, -0.2) is 0 Å². The second kappa shape index (κ2) is 11.2. The number of hydrogen-bond acceptors (Lipinski definition) is 4. The maximum atomic E-state index is 12.4. The lowest BCUT2D eigenvalue weighted by atomic mass is 9.92. The van der Waals surface area contributed by atoms with Crippen molar-refractivity contribution < 1.29 is 4.79 Å². The van der Waals surface area contributed by atoms with Crippen molar-refractivity contribution >= 4 is 43.1 Å². The van der Waals surface area contributed by atoms with Crippen molar-refractivity contribution in [2.75, 3.05) is 52.4 Å². The van der Waals surface area contributed by atoms with E-state index >= 15 is 0 Å². The number of amides is 1. The molecule has 5 nitrogen and oxygen atoms in total. The third-order valence-electron chi connectivity index (χ3n) is 6.15. The Morgan fingerprint density at radius 2 is 1.76 bits per heavy atom. The summed E-state index contributed by atoms with van der Waals surface area (Å²) in [5.74, 6) is 0.597. The molecule has 1 amide bonds. The molecule has 1 saturated carbocycles. The summed E-state index contributed by atoms with van der Waals surface area (Å²) < 4.78 is 0. The number of nitrogens with zero attached hydrogens (tertiary/aromatic N) is 2. The summed E-state index contributed by atoms with van der Waals surface area (Å²) >= 11 is 0. The predicted octanol–water partition coefficient (Wildman–Crippen LogP) is 1.78. The Labute approximate surface area is 171 Å². The van der Waals surface area contributed by atoms with Gasteiger partial charge in [-0.3, -0.25) is 9.69 Å². The van der Waals surface area contributed by atoms with Crippen molar-refractivity contribution in [3.05, 3.63) is 0 Å². The summed E-state index contributed by atoms with van der Waals surface area (Å²) in [4.78, 5) is 17.4. The van der Waals surface area contributed by atoms with Crippen LogP contribution in [0.1, 0.15) is 33.1 Å². The van der Waals surface area contributed by atoms with Gasteiger partial charge in [-0.05, 0) is 51.2 Å². The largest absolute Gasteiger partial charge is 0.354 e. The van der Waals surface area contributed by atoms with Gasteiger partial charge in [-0.1, -0.05) is 6.92 Å². The Kier molecular flexibility index (Phi) is 11.2. The zero-order valence-electron chi connectivity index (χ0n) is 15.5. The van der Waals surface area contributed by atoms with E-state index < -0.39 is 0 Å². The highest BCUT2D eigenvalue weighted by molar-refractivity contribution is 5.86. The smallest absolute Gasteiger partial charge is 0.223 e. The van der Waals surface area contributed by atoms with Gasteiger partial charge in [0.1, 0.15) is 0 Å². The third-order valence-corrected chi connectivity index (χ3v) is 6.15. The monoisotopic (exact) mass is 416 g/mol. The van der Waals surface area contributed by atoms with E-state index in [2.05, 4.69) is 34.3 Å². The van der Waals surface area contributed by atoms with Crippen LogP contribution in [0.15, 0.2) is 0 Å². The first-order chi connectivity index (χ1) is 10.6. The molecule has 3 aliphatic rings. The zero-order chi connectivity index (χ0) is 15.6. The molecule has 2 atom stereocenters. The molecule has 3 fully saturated rings. The number of piperazine rings is 1. The Bertz CT molecular complexity index is 399. The zero-order valence-corrected chi connectivity index (χ0v) is 17.9. The van der Waals surface area contributed by atoms with Gasteiger partial charge in [0, 0.05) is 44.7 Å². The molecule has 2 N–H and O–H groups in total. The van der Waals surface area contributed by atoms with Gasteiger partial charge < -0.3 is 15.5 Å². The van der Waals surface area contributed by atoms with Gasteiger partial charge in [0.2, 0.25) is 5.91 Å². The van der Waals surface area contributed by atoms with E-state index in [9.17, 15) is 4.79 Å². The number of carbonyl (C=O) groups is 1. The third kappa shape index (κ3) is 6.12. The molecule has 0 aromatic heterocycles. The molecular weight excluding hydrogens is 383 g/mol. The molecular formula is C17H35Cl3N4O. The highest BCUT2D eigenvalue weighted by Gasteiger charge is 2.57. The van der Waals surface area contributed by atoms with Gasteiger partial charge in [-0.2, -0.15) is 0 Å². The molecule has 0 aromatic carbocycles. The van der Waals surface area contributed by atoms with E-state index in [0.29, 0.717) is 23.3 Å². The highest BCUT2D eigenvalue weighted by Crippen LogP contribution is 2.58. The SMILES string of the molecule is CCN1CCN(C(C)CNC(=O)C2CC23CCNCC3)CC1.Cl.Cl.Cl. The Morgan fingerprint density at radius 3 is 2.32 bits per heavy atom. The lowest BCUT2D eigenvalue weighted by Crippen LogP contribution is -2.52. The summed E-state index contributed by atoms with van der Waals surface area (Å²) in [6.07, 6.45) is 3.48. The fourth-order valence-electron chi connectivity index (χ4n) is 4.22. The van der Waals surface area contributed by atoms with Crippen LogP contribution in [0.3, 0.4) is 0 Å². The van der Waals surface area contributed by atoms with Crippen LogP contribution in [-0.4, -0.2) is 74.1 Å². The van der Waals surface area contributed by atoms with Crippen LogP contribution in [0.4, 0.5) is 0 Å². The number of piperidine rings is 1. The minimum absolute atomic E-state index is 0. The summed E-state index contributed by atoms with van der Waals surface area (Å²) in [6, 6.07) is 0.450. The minimum Gasteiger partial charge on any atom is -0.354 e. The first kappa shape index (κ1) is 25.2. The first-order valence-electron chi connectivity index (χ1n) is 9.09.